The molecule has 116 valence electrons. The van der Waals surface area contributed by atoms with Crippen molar-refractivity contribution in [1.82, 2.24) is 14.9 Å². The van der Waals surface area contributed by atoms with Gasteiger partial charge in [0.15, 0.2) is 5.43 Å². The molecular weight excluding hydrogens is 298 g/mol. The number of aromatic nitrogens is 1. The Bertz CT molecular complexity index is 637. The molecule has 1 heterocycles. The van der Waals surface area contributed by atoms with Crippen LogP contribution in [0, 0.1) is 6.92 Å². The maximum Gasteiger partial charge on any atom is 0.365 e. The van der Waals surface area contributed by atoms with Gasteiger partial charge in [-0.1, -0.05) is 0 Å². The lowest BCUT2D eigenvalue weighted by atomic mass is 10.1. The number of carbonyl (C=O) groups excluding carboxylic acids is 2. The fourth-order valence-corrected chi connectivity index (χ4v) is 1.63. The number of hydrazine groups is 1. The molecule has 0 atom stereocenters. The van der Waals surface area contributed by atoms with E-state index in [0.29, 0.717) is 11.4 Å². The number of hydrogen-bond acceptors (Lipinski definition) is 3. The summed E-state index contributed by atoms with van der Waals surface area (Å²) in [6.45, 7) is 1.74. The molecule has 1 aromatic rings. The molecule has 9 heteroatoms. The summed E-state index contributed by atoms with van der Waals surface area (Å²) in [5.74, 6) is -0.419. The lowest BCUT2D eigenvalue weighted by Crippen LogP contribution is -3.00. The Labute approximate surface area is 128 Å². The number of primary amides is 1. The van der Waals surface area contributed by atoms with Crippen LogP contribution in [-0.4, -0.2) is 41.7 Å². The Hall–Kier alpha value is -2.35. The van der Waals surface area contributed by atoms with Gasteiger partial charge in [0.1, 0.15) is 11.3 Å². The average Bonchev–Trinajstić information content (AvgIpc) is 2.34. The molecule has 1 aromatic heterocycles. The molecule has 1 rings (SSSR count). The first-order valence-electron chi connectivity index (χ1n) is 5.82. The molecule has 0 aromatic carbocycles. The summed E-state index contributed by atoms with van der Waals surface area (Å²) in [5, 5.41) is 2.45. The van der Waals surface area contributed by atoms with Crippen molar-refractivity contribution in [3.8, 4) is 0 Å². The first-order valence-corrected chi connectivity index (χ1v) is 5.82. The molecular formula is C12H18ClN5O3. The zero-order valence-electron chi connectivity index (χ0n) is 12.2. The second-order valence-electron chi connectivity index (χ2n) is 4.45. The standard InChI is InChI=1S/C12H17N5O3.ClH/c1-7-5-9(18)10(11(19)16(2)3)8(17(7)4)6-14-15-12(13)20;/h5-6H,1-4H3,(H3,13,15,20);1H. The van der Waals surface area contributed by atoms with Gasteiger partial charge in [-0.3, -0.25) is 9.59 Å². The largest absolute Gasteiger partial charge is 1.00 e. The van der Waals surface area contributed by atoms with Gasteiger partial charge in [-0.15, -0.1) is 10.5 Å². The third-order valence-electron chi connectivity index (χ3n) is 2.76. The molecule has 0 aliphatic heterocycles. The van der Waals surface area contributed by atoms with Gasteiger partial charge in [0.25, 0.3) is 5.91 Å². The van der Waals surface area contributed by atoms with Gasteiger partial charge in [-0.05, 0) is 6.92 Å². The smallest absolute Gasteiger partial charge is 0.365 e. The number of halogens is 1. The van der Waals surface area contributed by atoms with Crippen molar-refractivity contribution in [3.63, 3.8) is 0 Å². The number of nitrogens with zero attached hydrogens (tertiary/aromatic N) is 2. The molecule has 21 heavy (non-hydrogen) atoms. The normalized spacial score (nSPS) is 10.1. The maximum absolute atomic E-state index is 12.1. The number of urea groups is 1. The minimum absolute atomic E-state index is 0. The number of hydrazone groups is 1. The summed E-state index contributed by atoms with van der Waals surface area (Å²) in [6, 6.07) is 0.606. The molecule has 0 spiro atoms. The Kier molecular flexibility index (Phi) is 6.60. The van der Waals surface area contributed by atoms with E-state index in [1.165, 1.54) is 17.2 Å². The molecule has 0 unspecified atom stereocenters. The van der Waals surface area contributed by atoms with Crippen molar-refractivity contribution in [3.05, 3.63) is 33.2 Å². The van der Waals surface area contributed by atoms with Crippen LogP contribution in [0.15, 0.2) is 10.9 Å². The van der Waals surface area contributed by atoms with Gasteiger partial charge in [0.05, 0.1) is 0 Å². The summed E-state index contributed by atoms with van der Waals surface area (Å²) in [6.07, 6.45) is 1.34. The SMILES string of the molecule is Cc1cc(=O)c(C(=O)N(C)C)c(C=[NH+]NC(N)=O)n1C.[Cl-]. The lowest BCUT2D eigenvalue weighted by molar-refractivity contribution is -0.502. The van der Waals surface area contributed by atoms with Gasteiger partial charge < -0.3 is 27.6 Å². The van der Waals surface area contributed by atoms with E-state index in [1.807, 2.05) is 0 Å². The third kappa shape index (κ3) is 4.32. The van der Waals surface area contributed by atoms with Crippen LogP contribution in [0.2, 0.25) is 0 Å². The molecule has 0 bridgehead atoms. The minimum atomic E-state index is -0.778. The topological polar surface area (TPSA) is 111 Å². The van der Waals surface area contributed by atoms with E-state index in [2.05, 4.69) is 10.5 Å². The zero-order valence-corrected chi connectivity index (χ0v) is 13.0. The number of aryl methyl sites for hydroxylation is 1. The van der Waals surface area contributed by atoms with Crippen molar-refractivity contribution >= 4 is 18.2 Å². The fourth-order valence-electron chi connectivity index (χ4n) is 1.63. The molecule has 0 aliphatic carbocycles. The van der Waals surface area contributed by atoms with Crippen molar-refractivity contribution in [2.24, 2.45) is 12.8 Å². The van der Waals surface area contributed by atoms with E-state index in [0.717, 1.165) is 0 Å². The molecule has 3 amide bonds. The number of amides is 3. The summed E-state index contributed by atoms with van der Waals surface area (Å²) < 4.78 is 1.66. The quantitative estimate of drug-likeness (QED) is 0.382. The number of pyridine rings is 1. The zero-order chi connectivity index (χ0) is 15.4. The van der Waals surface area contributed by atoms with Crippen LogP contribution in [0.5, 0.6) is 0 Å². The van der Waals surface area contributed by atoms with Crippen LogP contribution in [0.4, 0.5) is 4.79 Å². The van der Waals surface area contributed by atoms with Crippen molar-refractivity contribution in [2.75, 3.05) is 14.1 Å². The highest BCUT2D eigenvalue weighted by molar-refractivity contribution is 6.00. The van der Waals surface area contributed by atoms with E-state index in [-0.39, 0.29) is 23.4 Å². The lowest BCUT2D eigenvalue weighted by Gasteiger charge is -2.14. The first-order chi connectivity index (χ1) is 9.25. The molecule has 0 radical (unpaired) electrons. The first kappa shape index (κ1) is 18.7. The Morgan fingerprint density at radius 2 is 2.00 bits per heavy atom. The monoisotopic (exact) mass is 315 g/mol. The van der Waals surface area contributed by atoms with Gasteiger partial charge >= 0.3 is 6.03 Å². The van der Waals surface area contributed by atoms with Crippen LogP contribution in [-0.2, 0) is 7.05 Å². The highest BCUT2D eigenvalue weighted by Gasteiger charge is 2.21. The summed E-state index contributed by atoms with van der Waals surface area (Å²) in [5.41, 5.74) is 7.73. The van der Waals surface area contributed by atoms with Crippen LogP contribution in [0.1, 0.15) is 21.7 Å². The van der Waals surface area contributed by atoms with E-state index < -0.39 is 11.9 Å². The second-order valence-corrected chi connectivity index (χ2v) is 4.45. The highest BCUT2D eigenvalue weighted by Crippen LogP contribution is 2.05. The predicted octanol–water partition coefficient (Wildman–Crippen LogP) is -5.52. The molecule has 0 saturated heterocycles. The number of nitrogens with one attached hydrogen (secondary N) is 2. The average molecular weight is 316 g/mol. The number of hydrogen-bond donors (Lipinski definition) is 3. The Morgan fingerprint density at radius 3 is 2.48 bits per heavy atom. The van der Waals surface area contributed by atoms with Crippen LogP contribution >= 0.6 is 0 Å². The molecule has 0 aliphatic rings. The Balaban J connectivity index is 0.00000400. The van der Waals surface area contributed by atoms with Gasteiger partial charge in [-0.25, -0.2) is 4.79 Å². The molecule has 0 fully saturated rings. The van der Waals surface area contributed by atoms with Crippen LogP contribution < -0.4 is 34.1 Å². The Morgan fingerprint density at radius 1 is 1.43 bits per heavy atom. The molecule has 8 nitrogen and oxygen atoms in total. The van der Waals surface area contributed by atoms with Crippen LogP contribution in [0.25, 0.3) is 0 Å². The van der Waals surface area contributed by atoms with Crippen LogP contribution in [0.3, 0.4) is 0 Å². The summed E-state index contributed by atoms with van der Waals surface area (Å²) in [4.78, 5) is 36.1. The second kappa shape index (κ2) is 7.44. The van der Waals surface area contributed by atoms with Crippen molar-refractivity contribution in [2.45, 2.75) is 6.92 Å². The molecule has 0 saturated carbocycles. The van der Waals surface area contributed by atoms with Gasteiger partial charge in [-0.2, -0.15) is 0 Å². The number of carbonyl (C=O) groups is 2. The van der Waals surface area contributed by atoms with Crippen molar-refractivity contribution in [1.29, 1.82) is 0 Å². The van der Waals surface area contributed by atoms with E-state index in [4.69, 9.17) is 5.73 Å². The predicted molar refractivity (Wildman–Crippen MR) is 73.3 cm³/mol. The van der Waals surface area contributed by atoms with E-state index in [1.54, 1.807) is 32.6 Å². The van der Waals surface area contributed by atoms with E-state index in [9.17, 15) is 14.4 Å². The fraction of sp³-hybridized carbons (Fsp3) is 0.333. The van der Waals surface area contributed by atoms with E-state index >= 15 is 0 Å². The van der Waals surface area contributed by atoms with Gasteiger partial charge in [0, 0.05) is 32.9 Å². The number of rotatable bonds is 3. The maximum atomic E-state index is 12.1. The highest BCUT2D eigenvalue weighted by atomic mass is 35.5. The molecule has 4 N–H and O–H groups in total. The van der Waals surface area contributed by atoms with Gasteiger partial charge in [0.2, 0.25) is 6.21 Å². The summed E-state index contributed by atoms with van der Waals surface area (Å²) in [7, 11) is 4.82. The third-order valence-corrected chi connectivity index (χ3v) is 2.76. The minimum Gasteiger partial charge on any atom is -1.00 e. The number of nitrogens with two attached hydrogens (primary N) is 1. The van der Waals surface area contributed by atoms with Crippen molar-refractivity contribution < 1.29 is 27.1 Å². The summed E-state index contributed by atoms with van der Waals surface area (Å²) >= 11 is 0.